The molecule has 0 spiro atoms. The number of halogens is 2. The highest BCUT2D eigenvalue weighted by molar-refractivity contribution is 5.81. The van der Waals surface area contributed by atoms with Gasteiger partial charge in [-0.1, -0.05) is 12.1 Å². The van der Waals surface area contributed by atoms with Crippen LogP contribution < -0.4 is 10.1 Å². The van der Waals surface area contributed by atoms with Crippen molar-refractivity contribution in [1.29, 1.82) is 0 Å². The molecule has 0 aliphatic rings. The van der Waals surface area contributed by atoms with E-state index in [1.165, 1.54) is 41.2 Å². The van der Waals surface area contributed by atoms with Crippen LogP contribution in [0.25, 0.3) is 16.9 Å². The van der Waals surface area contributed by atoms with Gasteiger partial charge in [-0.3, -0.25) is 4.79 Å². The molecule has 0 aliphatic carbocycles. The number of nitrogens with zero attached hydrogens (tertiary/aromatic N) is 4. The molecular formula is C22H19F2N5O2. The van der Waals surface area contributed by atoms with Crippen molar-refractivity contribution in [3.63, 3.8) is 0 Å². The van der Waals surface area contributed by atoms with E-state index in [9.17, 15) is 13.6 Å². The molecule has 4 rings (SSSR count). The molecule has 0 aliphatic heterocycles. The minimum atomic E-state index is -0.806. The summed E-state index contributed by atoms with van der Waals surface area (Å²) in [6.45, 7) is 3.33. The molecule has 1 unspecified atom stereocenters. The van der Waals surface area contributed by atoms with E-state index in [1.807, 2.05) is 0 Å². The highest BCUT2D eigenvalue weighted by atomic mass is 19.1. The molecule has 0 saturated carbocycles. The van der Waals surface area contributed by atoms with E-state index in [4.69, 9.17) is 4.74 Å². The lowest BCUT2D eigenvalue weighted by molar-refractivity contribution is -0.128. The molecule has 0 radical (unpaired) electrons. The zero-order chi connectivity index (χ0) is 22.0. The van der Waals surface area contributed by atoms with Crippen molar-refractivity contribution in [2.45, 2.75) is 26.0 Å². The van der Waals surface area contributed by atoms with E-state index in [2.05, 4.69) is 20.4 Å². The number of nitrogens with one attached hydrogen (secondary N) is 1. The molecule has 0 fully saturated rings. The predicted molar refractivity (Wildman–Crippen MR) is 109 cm³/mol. The van der Waals surface area contributed by atoms with Gasteiger partial charge in [0.2, 0.25) is 0 Å². The third-order valence-electron chi connectivity index (χ3n) is 4.64. The van der Waals surface area contributed by atoms with E-state index < -0.39 is 12.1 Å². The van der Waals surface area contributed by atoms with Crippen LogP contribution in [0.5, 0.6) is 5.75 Å². The van der Waals surface area contributed by atoms with Gasteiger partial charge >= 0.3 is 0 Å². The number of aromatic nitrogens is 4. The van der Waals surface area contributed by atoms with Gasteiger partial charge in [0.15, 0.2) is 17.6 Å². The summed E-state index contributed by atoms with van der Waals surface area (Å²) in [5.74, 6) is -0.386. The number of carbonyl (C=O) groups is 1. The second-order valence-electron chi connectivity index (χ2n) is 6.97. The van der Waals surface area contributed by atoms with Gasteiger partial charge < -0.3 is 10.1 Å². The van der Waals surface area contributed by atoms with Gasteiger partial charge in [0.05, 0.1) is 11.7 Å². The zero-order valence-electron chi connectivity index (χ0n) is 16.8. The van der Waals surface area contributed by atoms with Crippen LogP contribution in [-0.2, 0) is 4.79 Å². The Labute approximate surface area is 176 Å². The molecule has 2 heterocycles. The van der Waals surface area contributed by atoms with Crippen molar-refractivity contribution in [2.75, 3.05) is 0 Å². The number of amides is 1. The molecule has 1 N–H and O–H groups in total. The third-order valence-corrected chi connectivity index (χ3v) is 4.64. The Morgan fingerprint density at radius 2 is 1.84 bits per heavy atom. The summed E-state index contributed by atoms with van der Waals surface area (Å²) in [5.41, 5.74) is 1.27. The Morgan fingerprint density at radius 3 is 2.58 bits per heavy atom. The lowest BCUT2D eigenvalue weighted by Gasteiger charge is -2.17. The molecule has 1 amide bonds. The van der Waals surface area contributed by atoms with Crippen LogP contribution in [0.15, 0.2) is 60.9 Å². The van der Waals surface area contributed by atoms with Gasteiger partial charge in [-0.2, -0.15) is 0 Å². The summed E-state index contributed by atoms with van der Waals surface area (Å²) < 4.78 is 34.0. The van der Waals surface area contributed by atoms with Crippen LogP contribution in [0.3, 0.4) is 0 Å². The van der Waals surface area contributed by atoms with Crippen LogP contribution in [0, 0.1) is 11.6 Å². The van der Waals surface area contributed by atoms with E-state index in [0.717, 1.165) is 0 Å². The molecule has 31 heavy (non-hydrogen) atoms. The fourth-order valence-corrected chi connectivity index (χ4v) is 2.98. The minimum Gasteiger partial charge on any atom is -0.481 e. The van der Waals surface area contributed by atoms with Crippen molar-refractivity contribution in [2.24, 2.45) is 0 Å². The van der Waals surface area contributed by atoms with Crippen LogP contribution in [-0.4, -0.2) is 31.6 Å². The lowest BCUT2D eigenvalue weighted by Crippen LogP contribution is -2.38. The summed E-state index contributed by atoms with van der Waals surface area (Å²) in [5, 5.41) is 7.12. The highest BCUT2D eigenvalue weighted by Gasteiger charge is 2.21. The second kappa shape index (κ2) is 8.47. The molecule has 158 valence electrons. The van der Waals surface area contributed by atoms with Gasteiger partial charge in [-0.25, -0.2) is 23.3 Å². The molecular weight excluding hydrogens is 404 g/mol. The Hall–Kier alpha value is -3.88. The van der Waals surface area contributed by atoms with E-state index in [1.54, 1.807) is 38.1 Å². The average molecular weight is 423 g/mol. The summed E-state index contributed by atoms with van der Waals surface area (Å²) >= 11 is 0. The Bertz CT molecular complexity index is 1230. The molecule has 7 nitrogen and oxygen atoms in total. The molecule has 0 bridgehead atoms. The standard InChI is InChI=1S/C22H19F2N5O2/c1-13(26-22(30)14(2)31-16-9-7-15(23)8-10-16)21-27-20-11-19(25-12-29(20)28-21)17-5-3-4-6-18(17)24/h3-14H,1-2H3,(H,26,30)/t13-,14?/m0/s1. The first kappa shape index (κ1) is 20.4. The van der Waals surface area contributed by atoms with E-state index in [0.29, 0.717) is 28.5 Å². The molecule has 2 aromatic carbocycles. The number of hydrogen-bond acceptors (Lipinski definition) is 5. The Morgan fingerprint density at radius 1 is 1.10 bits per heavy atom. The normalized spacial score (nSPS) is 13.0. The van der Waals surface area contributed by atoms with E-state index in [-0.39, 0.29) is 17.5 Å². The van der Waals surface area contributed by atoms with Crippen LogP contribution in [0.4, 0.5) is 8.78 Å². The third kappa shape index (κ3) is 4.50. The summed E-state index contributed by atoms with van der Waals surface area (Å²) in [6.07, 6.45) is 0.641. The SMILES string of the molecule is CC(Oc1ccc(F)cc1)C(=O)N[C@@H](C)c1nc2cc(-c3ccccc3F)ncn2n1. The lowest BCUT2D eigenvalue weighted by atomic mass is 10.1. The average Bonchev–Trinajstić information content (AvgIpc) is 3.19. The number of benzene rings is 2. The van der Waals surface area contributed by atoms with Crippen LogP contribution in [0.2, 0.25) is 0 Å². The van der Waals surface area contributed by atoms with Gasteiger partial charge in [-0.15, -0.1) is 5.10 Å². The summed E-state index contributed by atoms with van der Waals surface area (Å²) in [7, 11) is 0. The molecule has 9 heteroatoms. The maximum atomic E-state index is 14.0. The maximum Gasteiger partial charge on any atom is 0.261 e. The van der Waals surface area contributed by atoms with Gasteiger partial charge in [0.25, 0.3) is 5.91 Å². The second-order valence-corrected chi connectivity index (χ2v) is 6.97. The number of hydrogen-bond donors (Lipinski definition) is 1. The van der Waals surface area contributed by atoms with E-state index >= 15 is 0 Å². The van der Waals surface area contributed by atoms with Crippen LogP contribution in [0.1, 0.15) is 25.7 Å². The smallest absolute Gasteiger partial charge is 0.261 e. The Kier molecular flexibility index (Phi) is 5.57. The molecule has 4 aromatic rings. The van der Waals surface area contributed by atoms with Crippen molar-refractivity contribution in [3.05, 3.63) is 78.4 Å². The largest absolute Gasteiger partial charge is 0.481 e. The van der Waals surface area contributed by atoms with Crippen LogP contribution >= 0.6 is 0 Å². The quantitative estimate of drug-likeness (QED) is 0.511. The predicted octanol–water partition coefficient (Wildman–Crippen LogP) is 3.71. The Balaban J connectivity index is 1.47. The topological polar surface area (TPSA) is 81.4 Å². The fraction of sp³-hybridized carbons (Fsp3) is 0.182. The maximum absolute atomic E-state index is 14.0. The molecule has 0 saturated heterocycles. The molecule has 2 aromatic heterocycles. The first-order valence-corrected chi connectivity index (χ1v) is 9.60. The highest BCUT2D eigenvalue weighted by Crippen LogP contribution is 2.21. The van der Waals surface area contributed by atoms with Gasteiger partial charge in [-0.05, 0) is 50.2 Å². The minimum absolute atomic E-state index is 0.364. The van der Waals surface area contributed by atoms with Gasteiger partial charge in [0.1, 0.15) is 23.7 Å². The summed E-state index contributed by atoms with van der Waals surface area (Å²) in [6, 6.07) is 12.9. The number of rotatable bonds is 6. The van der Waals surface area contributed by atoms with Crippen molar-refractivity contribution in [3.8, 4) is 17.0 Å². The monoisotopic (exact) mass is 423 g/mol. The van der Waals surface area contributed by atoms with Crippen molar-refractivity contribution < 1.29 is 18.3 Å². The first-order valence-electron chi connectivity index (χ1n) is 9.60. The van der Waals surface area contributed by atoms with Crippen molar-refractivity contribution >= 4 is 11.6 Å². The fourth-order valence-electron chi connectivity index (χ4n) is 2.98. The summed E-state index contributed by atoms with van der Waals surface area (Å²) in [4.78, 5) is 21.1. The first-order chi connectivity index (χ1) is 14.9. The molecule has 2 atom stereocenters. The zero-order valence-corrected chi connectivity index (χ0v) is 16.8. The van der Waals surface area contributed by atoms with Crippen molar-refractivity contribution in [1.82, 2.24) is 24.9 Å². The number of fused-ring (bicyclic) bond motifs is 1. The number of ether oxygens (including phenoxy) is 1. The number of carbonyl (C=O) groups excluding carboxylic acids is 1. The van der Waals surface area contributed by atoms with Gasteiger partial charge in [0, 0.05) is 11.6 Å².